The first-order valence-corrected chi connectivity index (χ1v) is 20.0. The molecule has 0 radical (unpaired) electrons. The van der Waals surface area contributed by atoms with Gasteiger partial charge in [0.15, 0.2) is 6.29 Å². The molecule has 296 valence electrons. The number of nitrogens with zero attached hydrogens (tertiary/aromatic N) is 1. The minimum atomic E-state index is -0.805. The lowest BCUT2D eigenvalue weighted by Crippen LogP contribution is -2.47. The summed E-state index contributed by atoms with van der Waals surface area (Å²) in [5, 5.41) is 15.4. The number of methoxy groups -OCH3 is 1. The predicted octanol–water partition coefficient (Wildman–Crippen LogP) is 8.12. The molecule has 7 unspecified atom stereocenters. The van der Waals surface area contributed by atoms with E-state index in [9.17, 15) is 14.7 Å². The molecule has 2 aliphatic heterocycles. The third kappa shape index (κ3) is 9.35. The molecule has 0 aromatic heterocycles. The van der Waals surface area contributed by atoms with Crippen LogP contribution in [0.4, 0.5) is 4.79 Å². The Hall–Kier alpha value is -4.54. The average Bonchev–Trinajstić information content (AvgIpc) is 3.44. The second kappa shape index (κ2) is 16.9. The number of hydrogen-bond acceptors (Lipinski definition) is 7. The van der Waals surface area contributed by atoms with Crippen molar-refractivity contribution in [2.75, 3.05) is 20.2 Å². The number of benzene rings is 4. The molecule has 9 heteroatoms. The van der Waals surface area contributed by atoms with Gasteiger partial charge >= 0.3 is 12.0 Å². The molecule has 4 aromatic rings. The van der Waals surface area contributed by atoms with Crippen LogP contribution in [0.3, 0.4) is 0 Å². The van der Waals surface area contributed by atoms with E-state index >= 15 is 0 Å². The topological polar surface area (TPSA) is 109 Å². The van der Waals surface area contributed by atoms with Gasteiger partial charge in [0, 0.05) is 43.6 Å². The quantitative estimate of drug-likeness (QED) is 0.125. The van der Waals surface area contributed by atoms with Gasteiger partial charge in [-0.3, -0.25) is 4.90 Å². The van der Waals surface area contributed by atoms with Crippen LogP contribution in [0.5, 0.6) is 0 Å². The van der Waals surface area contributed by atoms with Crippen molar-refractivity contribution in [3.8, 4) is 11.1 Å². The van der Waals surface area contributed by atoms with Gasteiger partial charge in [0.25, 0.3) is 0 Å². The highest BCUT2D eigenvalue weighted by atomic mass is 16.7. The van der Waals surface area contributed by atoms with E-state index in [0.29, 0.717) is 23.3 Å². The van der Waals surface area contributed by atoms with Crippen LogP contribution < -0.4 is 10.6 Å². The first kappa shape index (κ1) is 39.7. The molecule has 3 fully saturated rings. The van der Waals surface area contributed by atoms with Crippen molar-refractivity contribution in [1.82, 2.24) is 15.5 Å². The van der Waals surface area contributed by atoms with E-state index in [1.807, 2.05) is 54.6 Å². The summed E-state index contributed by atoms with van der Waals surface area (Å²) in [5.41, 5.74) is 7.52. The number of carbonyl (C=O) groups excluding carboxylic acids is 2. The maximum absolute atomic E-state index is 12.9. The molecule has 1 aliphatic carbocycles. The number of rotatable bonds is 12. The van der Waals surface area contributed by atoms with Crippen molar-refractivity contribution < 1.29 is 28.9 Å². The minimum absolute atomic E-state index is 0.00887. The highest BCUT2D eigenvalue weighted by molar-refractivity contribution is 5.83. The number of urea groups is 1. The van der Waals surface area contributed by atoms with E-state index < -0.39 is 24.3 Å². The lowest BCUT2D eigenvalue weighted by Gasteiger charge is -2.43. The van der Waals surface area contributed by atoms with Gasteiger partial charge in [-0.25, -0.2) is 9.59 Å². The van der Waals surface area contributed by atoms with E-state index in [2.05, 4.69) is 91.8 Å². The SMILES string of the molecule is COC(=O)C(Cc1ccccc1)NC(=O)NCc1cccc(-c2ccc(C3OC(CN4CC5(C)CC4CC(C)(C)C5)C(C)C(c4ccc(CO)cc4)O3)cc2)c1. The number of aliphatic hydroxyl groups excluding tert-OH is 1. The fraction of sp³-hybridized carbons (Fsp3) is 0.447. The Morgan fingerprint density at radius 1 is 0.857 bits per heavy atom. The molecule has 2 amide bonds. The maximum atomic E-state index is 12.9. The van der Waals surface area contributed by atoms with Crippen molar-refractivity contribution in [1.29, 1.82) is 0 Å². The number of aliphatic hydroxyl groups is 1. The van der Waals surface area contributed by atoms with Crippen LogP contribution in [-0.2, 0) is 38.6 Å². The molecule has 7 rings (SSSR count). The van der Waals surface area contributed by atoms with Gasteiger partial charge < -0.3 is 30.0 Å². The Morgan fingerprint density at radius 2 is 1.57 bits per heavy atom. The van der Waals surface area contributed by atoms with E-state index in [-0.39, 0.29) is 31.3 Å². The molecule has 2 bridgehead atoms. The number of esters is 1. The van der Waals surface area contributed by atoms with Crippen LogP contribution in [0.15, 0.2) is 103 Å². The molecular formula is C47H57N3O6. The standard InChI is InChI=1S/C47H57N3O6/c1-31-41(27-50-30-47(4)25-39(50)24-46(2,3)29-47)55-44(56-42(31)36-16-14-33(28-51)15-17-36)37-20-18-35(19-21-37)38-13-9-12-34(22-38)26-48-45(53)49-40(43(52)54-5)23-32-10-7-6-8-11-32/h6-22,31,39-42,44,51H,23-30H2,1-5H3,(H2,48,49,53). The zero-order valence-electron chi connectivity index (χ0n) is 33.4. The van der Waals surface area contributed by atoms with E-state index in [1.165, 1.54) is 26.4 Å². The van der Waals surface area contributed by atoms with Crippen LogP contribution in [0.1, 0.15) is 87.2 Å². The predicted molar refractivity (Wildman–Crippen MR) is 217 cm³/mol. The van der Waals surface area contributed by atoms with Gasteiger partial charge in [-0.05, 0) is 69.5 Å². The molecule has 3 N–H and O–H groups in total. The van der Waals surface area contributed by atoms with Gasteiger partial charge in [-0.1, -0.05) is 125 Å². The Labute approximate surface area is 331 Å². The van der Waals surface area contributed by atoms with Crippen LogP contribution in [-0.4, -0.2) is 60.4 Å². The normalized spacial score (nSPS) is 26.3. The third-order valence-corrected chi connectivity index (χ3v) is 12.0. The zero-order chi connectivity index (χ0) is 39.5. The zero-order valence-corrected chi connectivity index (χ0v) is 33.4. The van der Waals surface area contributed by atoms with Crippen LogP contribution in [0.25, 0.3) is 11.1 Å². The lowest BCUT2D eigenvalue weighted by atomic mass is 9.65. The Morgan fingerprint density at radius 3 is 2.29 bits per heavy atom. The highest BCUT2D eigenvalue weighted by Gasteiger charge is 2.51. The average molecular weight is 760 g/mol. The minimum Gasteiger partial charge on any atom is -0.467 e. The second-order valence-electron chi connectivity index (χ2n) is 17.4. The molecular weight excluding hydrogens is 703 g/mol. The molecule has 3 aliphatic rings. The number of carbonyl (C=O) groups is 2. The number of fused-ring (bicyclic) bond motifs is 2. The molecule has 2 saturated heterocycles. The van der Waals surface area contributed by atoms with Crippen LogP contribution in [0, 0.1) is 16.7 Å². The third-order valence-electron chi connectivity index (χ3n) is 12.0. The van der Waals surface area contributed by atoms with E-state index in [4.69, 9.17) is 14.2 Å². The number of hydrogen-bond donors (Lipinski definition) is 3. The second-order valence-corrected chi connectivity index (χ2v) is 17.4. The van der Waals surface area contributed by atoms with E-state index in [1.54, 1.807) is 0 Å². The summed E-state index contributed by atoms with van der Waals surface area (Å²) in [4.78, 5) is 28.0. The Kier molecular flexibility index (Phi) is 12.0. The monoisotopic (exact) mass is 759 g/mol. The summed E-state index contributed by atoms with van der Waals surface area (Å²) in [6, 6.07) is 33.4. The number of ether oxygens (including phenoxy) is 3. The largest absolute Gasteiger partial charge is 0.467 e. The Balaban J connectivity index is 1.03. The highest BCUT2D eigenvalue weighted by Crippen LogP contribution is 2.53. The summed E-state index contributed by atoms with van der Waals surface area (Å²) in [5.74, 6) is -0.372. The molecule has 7 atom stereocenters. The van der Waals surface area contributed by atoms with Crippen molar-refractivity contribution in [3.05, 3.63) is 131 Å². The van der Waals surface area contributed by atoms with Crippen molar-refractivity contribution in [3.63, 3.8) is 0 Å². The number of likely N-dealkylation sites (tertiary alicyclic amines) is 1. The molecule has 4 aromatic carbocycles. The molecule has 0 spiro atoms. The van der Waals surface area contributed by atoms with Crippen molar-refractivity contribution >= 4 is 12.0 Å². The number of amides is 2. The van der Waals surface area contributed by atoms with Gasteiger partial charge in [-0.2, -0.15) is 0 Å². The first-order chi connectivity index (χ1) is 26.9. The molecule has 2 heterocycles. The Bertz CT molecular complexity index is 1950. The van der Waals surface area contributed by atoms with E-state index in [0.717, 1.165) is 52.0 Å². The molecule has 56 heavy (non-hydrogen) atoms. The first-order valence-electron chi connectivity index (χ1n) is 20.0. The fourth-order valence-electron chi connectivity index (χ4n) is 9.62. The molecule has 1 saturated carbocycles. The van der Waals surface area contributed by atoms with Crippen LogP contribution >= 0.6 is 0 Å². The fourth-order valence-corrected chi connectivity index (χ4v) is 9.62. The van der Waals surface area contributed by atoms with Gasteiger partial charge in [-0.15, -0.1) is 0 Å². The van der Waals surface area contributed by atoms with Crippen molar-refractivity contribution in [2.45, 2.75) is 97.1 Å². The maximum Gasteiger partial charge on any atom is 0.328 e. The molecule has 9 nitrogen and oxygen atoms in total. The van der Waals surface area contributed by atoms with Gasteiger partial charge in [0.1, 0.15) is 6.04 Å². The lowest BCUT2D eigenvalue weighted by molar-refractivity contribution is -0.276. The summed E-state index contributed by atoms with van der Waals surface area (Å²) < 4.78 is 18.6. The smallest absolute Gasteiger partial charge is 0.328 e. The van der Waals surface area contributed by atoms with Gasteiger partial charge in [0.2, 0.25) is 0 Å². The van der Waals surface area contributed by atoms with Gasteiger partial charge in [0.05, 0.1) is 25.9 Å². The van der Waals surface area contributed by atoms with Crippen LogP contribution in [0.2, 0.25) is 0 Å². The summed E-state index contributed by atoms with van der Waals surface area (Å²) >= 11 is 0. The summed E-state index contributed by atoms with van der Waals surface area (Å²) in [6.45, 7) is 11.8. The summed E-state index contributed by atoms with van der Waals surface area (Å²) in [6.07, 6.45) is 3.33. The summed E-state index contributed by atoms with van der Waals surface area (Å²) in [7, 11) is 1.32. The number of nitrogens with one attached hydrogen (secondary N) is 2. The van der Waals surface area contributed by atoms with Crippen molar-refractivity contribution in [2.24, 2.45) is 16.7 Å².